The van der Waals surface area contributed by atoms with Gasteiger partial charge in [-0.15, -0.1) is 0 Å². The van der Waals surface area contributed by atoms with E-state index in [1.165, 1.54) is 0 Å². The Labute approximate surface area is 107 Å². The van der Waals surface area contributed by atoms with E-state index in [-0.39, 0.29) is 0 Å². The highest BCUT2D eigenvalue weighted by atomic mass is 16.5. The Morgan fingerprint density at radius 2 is 2.11 bits per heavy atom. The van der Waals surface area contributed by atoms with Crippen molar-refractivity contribution in [2.45, 2.75) is 31.8 Å². The topological polar surface area (TPSA) is 47.4 Å². The van der Waals surface area contributed by atoms with Crippen molar-refractivity contribution in [1.29, 1.82) is 0 Å². The summed E-state index contributed by atoms with van der Waals surface area (Å²) in [5.74, 6) is 1.55. The molecule has 5 heteroatoms. The molecule has 0 unspecified atom stereocenters. The van der Waals surface area contributed by atoms with Crippen molar-refractivity contribution in [2.24, 2.45) is 0 Å². The molecule has 2 aliphatic heterocycles. The zero-order valence-electron chi connectivity index (χ0n) is 10.8. The second-order valence-corrected chi connectivity index (χ2v) is 5.20. The molecule has 0 amide bonds. The predicted molar refractivity (Wildman–Crippen MR) is 66.7 cm³/mol. The van der Waals surface area contributed by atoms with Crippen LogP contribution in [0.2, 0.25) is 0 Å². The van der Waals surface area contributed by atoms with Crippen LogP contribution in [0.5, 0.6) is 0 Å². The lowest BCUT2D eigenvalue weighted by atomic mass is 9.99. The van der Waals surface area contributed by atoms with Gasteiger partial charge in [0.05, 0.1) is 5.69 Å². The summed E-state index contributed by atoms with van der Waals surface area (Å²) in [7, 11) is 2.08. The quantitative estimate of drug-likeness (QED) is 0.735. The number of aromatic nitrogens is 2. The van der Waals surface area contributed by atoms with Gasteiger partial charge in [0, 0.05) is 38.8 Å². The van der Waals surface area contributed by atoms with Crippen molar-refractivity contribution in [3.8, 4) is 0 Å². The number of imidazole rings is 1. The monoisotopic (exact) mass is 249 g/mol. The average molecular weight is 249 g/mol. The fraction of sp³-hybridized carbons (Fsp3) is 0.692. The fourth-order valence-electron chi connectivity index (χ4n) is 2.91. The molecule has 0 saturated carbocycles. The Balaban J connectivity index is 1.97. The summed E-state index contributed by atoms with van der Waals surface area (Å²) in [4.78, 5) is 18.0. The number of likely N-dealkylation sites (N-methyl/N-ethyl adjacent to an activating group) is 1. The SMILES string of the molecule is CN1CCn2c(C3CCOCC3)nc(C=O)c2C1. The average Bonchev–Trinajstić information content (AvgIpc) is 2.77. The number of ether oxygens (including phenoxy) is 1. The Hall–Kier alpha value is -1.20. The maximum atomic E-state index is 11.2. The van der Waals surface area contributed by atoms with Crippen molar-refractivity contribution in [1.82, 2.24) is 14.5 Å². The number of fused-ring (bicyclic) bond motifs is 1. The third kappa shape index (κ3) is 1.97. The lowest BCUT2D eigenvalue weighted by Gasteiger charge is -2.28. The Morgan fingerprint density at radius 1 is 1.33 bits per heavy atom. The molecule has 1 aromatic rings. The molecule has 2 aliphatic rings. The minimum atomic E-state index is 0.453. The van der Waals surface area contributed by atoms with E-state index in [0.717, 1.165) is 63.5 Å². The van der Waals surface area contributed by atoms with Gasteiger partial charge in [0.1, 0.15) is 11.5 Å². The molecule has 1 aromatic heterocycles. The van der Waals surface area contributed by atoms with E-state index in [1.54, 1.807) is 0 Å². The molecule has 0 radical (unpaired) electrons. The zero-order valence-corrected chi connectivity index (χ0v) is 10.8. The summed E-state index contributed by atoms with van der Waals surface area (Å²) in [5, 5.41) is 0. The molecule has 0 N–H and O–H groups in total. The fourth-order valence-corrected chi connectivity index (χ4v) is 2.91. The van der Waals surface area contributed by atoms with Gasteiger partial charge in [-0.2, -0.15) is 0 Å². The predicted octanol–water partition coefficient (Wildman–Crippen LogP) is 1.03. The van der Waals surface area contributed by atoms with Crippen LogP contribution in [0.1, 0.15) is 40.8 Å². The van der Waals surface area contributed by atoms with Crippen molar-refractivity contribution < 1.29 is 9.53 Å². The summed E-state index contributed by atoms with van der Waals surface area (Å²) < 4.78 is 7.66. The Kier molecular flexibility index (Phi) is 3.18. The van der Waals surface area contributed by atoms with Crippen LogP contribution in [0.3, 0.4) is 0 Å². The van der Waals surface area contributed by atoms with Crippen LogP contribution < -0.4 is 0 Å². The minimum Gasteiger partial charge on any atom is -0.381 e. The zero-order chi connectivity index (χ0) is 12.5. The molecule has 0 spiro atoms. The van der Waals surface area contributed by atoms with Crippen molar-refractivity contribution in [2.75, 3.05) is 26.8 Å². The number of hydrogen-bond acceptors (Lipinski definition) is 4. The molecule has 0 aliphatic carbocycles. The van der Waals surface area contributed by atoms with E-state index in [1.807, 2.05) is 0 Å². The van der Waals surface area contributed by atoms with E-state index >= 15 is 0 Å². The highest BCUT2D eigenvalue weighted by Gasteiger charge is 2.27. The molecule has 18 heavy (non-hydrogen) atoms. The molecule has 3 heterocycles. The second-order valence-electron chi connectivity index (χ2n) is 5.20. The standard InChI is InChI=1S/C13H19N3O2/c1-15-4-5-16-12(8-15)11(9-17)14-13(16)10-2-6-18-7-3-10/h9-10H,2-8H2,1H3. The van der Waals surface area contributed by atoms with Gasteiger partial charge in [-0.05, 0) is 19.9 Å². The molecule has 0 atom stereocenters. The normalized spacial score (nSPS) is 21.8. The minimum absolute atomic E-state index is 0.453. The maximum Gasteiger partial charge on any atom is 0.170 e. The molecule has 1 fully saturated rings. The van der Waals surface area contributed by atoms with Gasteiger partial charge in [0.25, 0.3) is 0 Å². The lowest BCUT2D eigenvalue weighted by molar-refractivity contribution is 0.0823. The van der Waals surface area contributed by atoms with E-state index in [4.69, 9.17) is 4.74 Å². The first-order chi connectivity index (χ1) is 8.79. The largest absolute Gasteiger partial charge is 0.381 e. The summed E-state index contributed by atoms with van der Waals surface area (Å²) in [6.45, 7) is 4.41. The van der Waals surface area contributed by atoms with Gasteiger partial charge < -0.3 is 9.30 Å². The molecular formula is C13H19N3O2. The third-order valence-electron chi connectivity index (χ3n) is 3.96. The number of hydrogen-bond donors (Lipinski definition) is 0. The van der Waals surface area contributed by atoms with Crippen molar-refractivity contribution >= 4 is 6.29 Å². The number of aldehydes is 1. The van der Waals surface area contributed by atoms with Gasteiger partial charge >= 0.3 is 0 Å². The number of nitrogens with zero attached hydrogens (tertiary/aromatic N) is 3. The molecule has 3 rings (SSSR count). The van der Waals surface area contributed by atoms with Crippen LogP contribution in [0.4, 0.5) is 0 Å². The van der Waals surface area contributed by atoms with Gasteiger partial charge in [0.2, 0.25) is 0 Å². The smallest absolute Gasteiger partial charge is 0.170 e. The highest BCUT2D eigenvalue weighted by molar-refractivity contribution is 5.74. The number of carbonyl (C=O) groups is 1. The summed E-state index contributed by atoms with van der Waals surface area (Å²) in [5.41, 5.74) is 1.71. The van der Waals surface area contributed by atoms with Gasteiger partial charge in [0.15, 0.2) is 6.29 Å². The van der Waals surface area contributed by atoms with Crippen LogP contribution in [-0.2, 0) is 17.8 Å². The summed E-state index contributed by atoms with van der Waals surface area (Å²) in [6, 6.07) is 0. The molecule has 5 nitrogen and oxygen atoms in total. The summed E-state index contributed by atoms with van der Waals surface area (Å²) >= 11 is 0. The second kappa shape index (κ2) is 4.82. The van der Waals surface area contributed by atoms with E-state index in [2.05, 4.69) is 21.5 Å². The maximum absolute atomic E-state index is 11.2. The third-order valence-corrected chi connectivity index (χ3v) is 3.96. The van der Waals surface area contributed by atoms with E-state index in [0.29, 0.717) is 11.6 Å². The first-order valence-electron chi connectivity index (χ1n) is 6.60. The number of rotatable bonds is 2. The van der Waals surface area contributed by atoms with E-state index in [9.17, 15) is 4.79 Å². The first-order valence-corrected chi connectivity index (χ1v) is 6.60. The van der Waals surface area contributed by atoms with Crippen molar-refractivity contribution in [3.63, 3.8) is 0 Å². The van der Waals surface area contributed by atoms with Crippen LogP contribution in [0, 0.1) is 0 Å². The van der Waals surface area contributed by atoms with Gasteiger partial charge in [-0.1, -0.05) is 0 Å². The Morgan fingerprint density at radius 3 is 2.83 bits per heavy atom. The first kappa shape index (κ1) is 11.9. The van der Waals surface area contributed by atoms with Crippen LogP contribution in [0.15, 0.2) is 0 Å². The van der Waals surface area contributed by atoms with Crippen LogP contribution in [-0.4, -0.2) is 47.5 Å². The van der Waals surface area contributed by atoms with Crippen molar-refractivity contribution in [3.05, 3.63) is 17.2 Å². The van der Waals surface area contributed by atoms with Gasteiger partial charge in [-0.3, -0.25) is 9.69 Å². The van der Waals surface area contributed by atoms with Gasteiger partial charge in [-0.25, -0.2) is 4.98 Å². The molecule has 0 bridgehead atoms. The van der Waals surface area contributed by atoms with Crippen LogP contribution >= 0.6 is 0 Å². The Bertz CT molecular complexity index is 449. The molecular weight excluding hydrogens is 230 g/mol. The van der Waals surface area contributed by atoms with E-state index < -0.39 is 0 Å². The highest BCUT2D eigenvalue weighted by Crippen LogP contribution is 2.29. The summed E-state index contributed by atoms with van der Waals surface area (Å²) in [6.07, 6.45) is 2.93. The molecule has 1 saturated heterocycles. The molecule has 98 valence electrons. The number of carbonyl (C=O) groups excluding carboxylic acids is 1. The lowest BCUT2D eigenvalue weighted by Crippen LogP contribution is -2.32. The molecule has 0 aromatic carbocycles. The van der Waals surface area contributed by atoms with Crippen LogP contribution in [0.25, 0.3) is 0 Å².